The van der Waals surface area contributed by atoms with Crippen molar-refractivity contribution in [2.45, 2.75) is 25.4 Å². The highest BCUT2D eigenvalue weighted by Crippen LogP contribution is 2.35. The van der Waals surface area contributed by atoms with Gasteiger partial charge in [-0.3, -0.25) is 9.59 Å². The molecule has 1 N–H and O–H groups in total. The normalized spacial score (nSPS) is 16.4. The number of nitrogens with one attached hydrogen (secondary N) is 1. The van der Waals surface area contributed by atoms with E-state index in [1.54, 1.807) is 34.1 Å². The molecule has 0 spiro atoms. The van der Waals surface area contributed by atoms with E-state index in [9.17, 15) is 22.8 Å². The minimum atomic E-state index is -4.84. The summed E-state index contributed by atoms with van der Waals surface area (Å²) >= 11 is 0. The van der Waals surface area contributed by atoms with E-state index in [1.165, 1.54) is 6.20 Å². The molecule has 0 aliphatic carbocycles. The van der Waals surface area contributed by atoms with E-state index in [2.05, 4.69) is 15.3 Å². The summed E-state index contributed by atoms with van der Waals surface area (Å²) in [6.45, 7) is 3.25. The van der Waals surface area contributed by atoms with E-state index in [-0.39, 0.29) is 17.6 Å². The number of hydrogen-bond acceptors (Lipinski definition) is 7. The number of carbonyl (C=O) groups is 2. The first-order valence-corrected chi connectivity index (χ1v) is 12.5. The second-order valence-electron chi connectivity index (χ2n) is 9.22. The number of pyridine rings is 1. The number of carbonyl (C=O) groups excluding carboxylic acids is 2. The molecule has 2 saturated heterocycles. The van der Waals surface area contributed by atoms with Crippen LogP contribution in [0.1, 0.15) is 45.9 Å². The number of nitrogens with zero attached hydrogens (tertiary/aromatic N) is 5. The van der Waals surface area contributed by atoms with Gasteiger partial charge in [-0.15, -0.1) is 0 Å². The third-order valence-corrected chi connectivity index (χ3v) is 6.63. The van der Waals surface area contributed by atoms with Crippen LogP contribution in [0.25, 0.3) is 0 Å². The van der Waals surface area contributed by atoms with Crippen LogP contribution >= 0.6 is 0 Å². The van der Waals surface area contributed by atoms with Crippen molar-refractivity contribution in [2.24, 2.45) is 0 Å². The lowest BCUT2D eigenvalue weighted by atomic mass is 10.1. The molecule has 2 aliphatic rings. The number of hydrogen-bond donors (Lipinski definition) is 1. The molecule has 200 valence electrons. The van der Waals surface area contributed by atoms with Gasteiger partial charge in [-0.2, -0.15) is 18.2 Å². The van der Waals surface area contributed by atoms with E-state index in [0.717, 1.165) is 19.3 Å². The van der Waals surface area contributed by atoms with Gasteiger partial charge in [0.05, 0.1) is 11.9 Å². The molecule has 38 heavy (non-hydrogen) atoms. The highest BCUT2D eigenvalue weighted by molar-refractivity contribution is 6.03. The Hall–Kier alpha value is -4.09. The van der Waals surface area contributed by atoms with E-state index in [0.29, 0.717) is 50.6 Å². The number of benzene rings is 1. The summed E-state index contributed by atoms with van der Waals surface area (Å²) in [7, 11) is 0. The zero-order chi connectivity index (χ0) is 26.7. The molecule has 5 rings (SSSR count). The predicted octanol–water partition coefficient (Wildman–Crippen LogP) is 4.29. The van der Waals surface area contributed by atoms with Gasteiger partial charge < -0.3 is 24.4 Å². The molecule has 3 aromatic rings. The largest absolute Gasteiger partial charge is 0.437 e. The number of alkyl halides is 3. The van der Waals surface area contributed by atoms with Crippen molar-refractivity contribution in [3.8, 4) is 0 Å². The second kappa shape index (κ2) is 10.7. The van der Waals surface area contributed by atoms with Crippen LogP contribution in [0.15, 0.2) is 53.1 Å². The van der Waals surface area contributed by atoms with Crippen molar-refractivity contribution < 1.29 is 27.2 Å². The molecule has 9 nitrogen and oxygen atoms in total. The predicted molar refractivity (Wildman–Crippen MR) is 134 cm³/mol. The van der Waals surface area contributed by atoms with Crippen LogP contribution in [0, 0.1) is 0 Å². The molecule has 0 unspecified atom stereocenters. The van der Waals surface area contributed by atoms with Crippen molar-refractivity contribution >= 4 is 29.3 Å². The molecule has 2 aromatic heterocycles. The SMILES string of the molecule is O=C(Nc1ccc(N2CCN(C(=O)c3ccccc3)CC2)nc1)c1oc(N2CCCCC2)nc1C(F)(F)F. The molecule has 0 saturated carbocycles. The van der Waals surface area contributed by atoms with Crippen LogP contribution in [0.3, 0.4) is 0 Å². The van der Waals surface area contributed by atoms with Crippen molar-refractivity contribution in [1.29, 1.82) is 0 Å². The van der Waals surface area contributed by atoms with Crippen molar-refractivity contribution in [3.63, 3.8) is 0 Å². The molecule has 2 aliphatic heterocycles. The molecule has 12 heteroatoms. The Morgan fingerprint density at radius 2 is 1.58 bits per heavy atom. The fourth-order valence-corrected chi connectivity index (χ4v) is 4.61. The van der Waals surface area contributed by atoms with Crippen LogP contribution in [0.2, 0.25) is 0 Å². The second-order valence-corrected chi connectivity index (χ2v) is 9.22. The van der Waals surface area contributed by atoms with Gasteiger partial charge in [-0.1, -0.05) is 18.2 Å². The monoisotopic (exact) mass is 528 g/mol. The van der Waals surface area contributed by atoms with E-state index in [4.69, 9.17) is 4.42 Å². The highest BCUT2D eigenvalue weighted by atomic mass is 19.4. The lowest BCUT2D eigenvalue weighted by Crippen LogP contribution is -2.49. The van der Waals surface area contributed by atoms with Gasteiger partial charge in [0.25, 0.3) is 17.8 Å². The summed E-state index contributed by atoms with van der Waals surface area (Å²) in [5.41, 5.74) is -0.480. The first kappa shape index (κ1) is 25.6. The maximum atomic E-state index is 13.6. The number of piperazine rings is 1. The zero-order valence-electron chi connectivity index (χ0n) is 20.6. The molecule has 4 heterocycles. The Labute approximate surface area is 217 Å². The minimum absolute atomic E-state index is 0.0228. The Morgan fingerprint density at radius 1 is 0.868 bits per heavy atom. The Balaban J connectivity index is 1.22. The molecule has 0 bridgehead atoms. The van der Waals surface area contributed by atoms with Crippen molar-refractivity contribution in [3.05, 3.63) is 65.7 Å². The van der Waals surface area contributed by atoms with Gasteiger partial charge in [0.15, 0.2) is 5.69 Å². The van der Waals surface area contributed by atoms with Gasteiger partial charge in [0.1, 0.15) is 5.82 Å². The van der Waals surface area contributed by atoms with Crippen molar-refractivity contribution in [2.75, 3.05) is 54.4 Å². The van der Waals surface area contributed by atoms with Gasteiger partial charge in [0.2, 0.25) is 5.76 Å². The summed E-state index contributed by atoms with van der Waals surface area (Å²) in [6.07, 6.45) is -0.829. The lowest BCUT2D eigenvalue weighted by molar-refractivity contribution is -0.141. The van der Waals surface area contributed by atoms with E-state index in [1.807, 2.05) is 23.1 Å². The van der Waals surface area contributed by atoms with E-state index >= 15 is 0 Å². The van der Waals surface area contributed by atoms with Gasteiger partial charge in [-0.05, 0) is 43.5 Å². The molecule has 1 aromatic carbocycles. The topological polar surface area (TPSA) is 94.8 Å². The number of oxazole rings is 1. The third-order valence-electron chi connectivity index (χ3n) is 6.63. The van der Waals surface area contributed by atoms with Crippen LogP contribution < -0.4 is 15.1 Å². The fraction of sp³-hybridized carbons (Fsp3) is 0.385. The third kappa shape index (κ3) is 5.58. The molecular formula is C26H27F3N6O3. The number of amides is 2. The summed E-state index contributed by atoms with van der Waals surface area (Å²) < 4.78 is 46.1. The number of piperidine rings is 1. The zero-order valence-corrected chi connectivity index (χ0v) is 20.6. The summed E-state index contributed by atoms with van der Waals surface area (Å²) in [6, 6.07) is 12.1. The molecule has 0 atom stereocenters. The molecular weight excluding hydrogens is 501 g/mol. The minimum Gasteiger partial charge on any atom is -0.417 e. The van der Waals surface area contributed by atoms with Crippen LogP contribution in [0.4, 0.5) is 30.7 Å². The maximum absolute atomic E-state index is 13.6. The number of anilines is 3. The average Bonchev–Trinajstić information content (AvgIpc) is 3.41. The lowest BCUT2D eigenvalue weighted by Gasteiger charge is -2.35. The quantitative estimate of drug-likeness (QED) is 0.528. The smallest absolute Gasteiger partial charge is 0.417 e. The number of aromatic nitrogens is 2. The van der Waals surface area contributed by atoms with Crippen LogP contribution in [-0.2, 0) is 6.18 Å². The molecule has 2 fully saturated rings. The summed E-state index contributed by atoms with van der Waals surface area (Å²) in [5.74, 6) is -1.31. The fourth-order valence-electron chi connectivity index (χ4n) is 4.61. The summed E-state index contributed by atoms with van der Waals surface area (Å²) in [5, 5.41) is 2.43. The number of rotatable bonds is 5. The van der Waals surface area contributed by atoms with Gasteiger partial charge in [0, 0.05) is 44.8 Å². The van der Waals surface area contributed by atoms with E-state index < -0.39 is 23.5 Å². The first-order valence-electron chi connectivity index (χ1n) is 12.5. The first-order chi connectivity index (χ1) is 18.3. The van der Waals surface area contributed by atoms with Gasteiger partial charge >= 0.3 is 6.18 Å². The Morgan fingerprint density at radius 3 is 2.21 bits per heavy atom. The maximum Gasteiger partial charge on any atom is 0.437 e. The Bertz CT molecular complexity index is 1270. The molecule has 2 amide bonds. The highest BCUT2D eigenvalue weighted by Gasteiger charge is 2.42. The standard InChI is InChI=1S/C26H27F3N6O3/c27-26(28,29)22-21(38-25(32-22)35-11-5-2-6-12-35)23(36)31-19-9-10-20(30-17-19)33-13-15-34(16-14-33)24(37)18-7-3-1-4-8-18/h1,3-4,7-10,17H,2,5-6,11-16H2,(H,31,36). The number of halogens is 3. The van der Waals surface area contributed by atoms with Crippen molar-refractivity contribution in [1.82, 2.24) is 14.9 Å². The molecule has 0 radical (unpaired) electrons. The van der Waals surface area contributed by atoms with Gasteiger partial charge in [-0.25, -0.2) is 4.98 Å². The van der Waals surface area contributed by atoms with Crippen LogP contribution in [-0.4, -0.2) is 66.0 Å². The summed E-state index contributed by atoms with van der Waals surface area (Å²) in [4.78, 5) is 38.8. The van der Waals surface area contributed by atoms with Crippen LogP contribution in [0.5, 0.6) is 0 Å². The average molecular weight is 529 g/mol. The Kier molecular flexibility index (Phi) is 7.21.